The van der Waals surface area contributed by atoms with Gasteiger partial charge in [0, 0.05) is 38.3 Å². The van der Waals surface area contributed by atoms with Crippen molar-refractivity contribution < 1.29 is 19.1 Å². The second kappa shape index (κ2) is 7.27. The third-order valence-corrected chi connectivity index (χ3v) is 5.61. The summed E-state index contributed by atoms with van der Waals surface area (Å²) in [6, 6.07) is 7.52. The van der Waals surface area contributed by atoms with E-state index in [0.717, 1.165) is 17.1 Å². The summed E-state index contributed by atoms with van der Waals surface area (Å²) in [5.41, 5.74) is 5.77. The van der Waals surface area contributed by atoms with Crippen molar-refractivity contribution in [3.05, 3.63) is 48.0 Å². The highest BCUT2D eigenvalue weighted by Crippen LogP contribution is 2.40. The van der Waals surface area contributed by atoms with Crippen LogP contribution >= 0.6 is 0 Å². The van der Waals surface area contributed by atoms with Crippen LogP contribution in [0.25, 0.3) is 0 Å². The van der Waals surface area contributed by atoms with Gasteiger partial charge in [-0.15, -0.1) is 0 Å². The van der Waals surface area contributed by atoms with E-state index >= 15 is 0 Å². The molecule has 0 bridgehead atoms. The molecule has 2 aliphatic heterocycles. The smallest absolute Gasteiger partial charge is 0.248 e. The molecule has 28 heavy (non-hydrogen) atoms. The molecule has 1 fully saturated rings. The number of amides is 2. The Morgan fingerprint density at radius 1 is 1.29 bits per heavy atom. The van der Waals surface area contributed by atoms with Crippen LogP contribution in [0.2, 0.25) is 0 Å². The molecule has 148 valence electrons. The number of benzene rings is 1. The Morgan fingerprint density at radius 2 is 2.00 bits per heavy atom. The molecule has 2 aliphatic rings. The number of ether oxygens (including phenoxy) is 2. The molecule has 1 spiro atoms. The first-order chi connectivity index (χ1) is 13.5. The summed E-state index contributed by atoms with van der Waals surface area (Å²) in [5.74, 6) is 1.18. The molecule has 0 saturated carbocycles. The van der Waals surface area contributed by atoms with Gasteiger partial charge in [-0.05, 0) is 17.7 Å². The van der Waals surface area contributed by atoms with Gasteiger partial charge in [-0.2, -0.15) is 0 Å². The Labute approximate surface area is 163 Å². The fourth-order valence-corrected chi connectivity index (χ4v) is 4.03. The molecule has 1 aromatic carbocycles. The first kappa shape index (κ1) is 18.5. The standard InChI is InChI=1S/C20H24N4O4/c1-27-15-4-2-14(3-5-15)12-17(25)23-9-6-20(7-10-23)19-22-8-11-24(19)13-16(28-20)18(21)26/h2-5,8,11,16H,6-7,9-10,12-13H2,1H3,(H2,21,26)/t16-/m1/s1. The predicted octanol–water partition coefficient (Wildman–Crippen LogP) is 0.836. The van der Waals surface area contributed by atoms with Gasteiger partial charge in [0.2, 0.25) is 11.8 Å². The first-order valence-electron chi connectivity index (χ1n) is 9.40. The highest BCUT2D eigenvalue weighted by Gasteiger charge is 2.47. The average Bonchev–Trinajstić information content (AvgIpc) is 3.19. The lowest BCUT2D eigenvalue weighted by atomic mass is 9.88. The fourth-order valence-electron chi connectivity index (χ4n) is 4.03. The van der Waals surface area contributed by atoms with Crippen LogP contribution in [-0.4, -0.2) is 52.6 Å². The molecule has 4 rings (SSSR count). The largest absolute Gasteiger partial charge is 0.497 e. The van der Waals surface area contributed by atoms with Crippen molar-refractivity contribution in [3.8, 4) is 5.75 Å². The van der Waals surface area contributed by atoms with E-state index in [1.165, 1.54) is 0 Å². The molecule has 1 atom stereocenters. The highest BCUT2D eigenvalue weighted by atomic mass is 16.5. The normalized spacial score (nSPS) is 20.6. The zero-order valence-corrected chi connectivity index (χ0v) is 15.8. The molecule has 8 heteroatoms. The summed E-state index contributed by atoms with van der Waals surface area (Å²) in [6.07, 6.45) is 4.39. The number of rotatable bonds is 4. The topological polar surface area (TPSA) is 99.7 Å². The number of methoxy groups -OCH3 is 1. The molecule has 1 aromatic heterocycles. The summed E-state index contributed by atoms with van der Waals surface area (Å²) < 4.78 is 13.2. The Kier molecular flexibility index (Phi) is 4.80. The number of carbonyl (C=O) groups excluding carboxylic acids is 2. The summed E-state index contributed by atoms with van der Waals surface area (Å²) in [5, 5.41) is 0. The third-order valence-electron chi connectivity index (χ3n) is 5.61. The summed E-state index contributed by atoms with van der Waals surface area (Å²) in [7, 11) is 1.62. The van der Waals surface area contributed by atoms with Gasteiger partial charge in [-0.1, -0.05) is 12.1 Å². The van der Waals surface area contributed by atoms with Crippen LogP contribution < -0.4 is 10.5 Å². The maximum atomic E-state index is 12.7. The fraction of sp³-hybridized carbons (Fsp3) is 0.450. The van der Waals surface area contributed by atoms with Crippen LogP contribution in [0, 0.1) is 0 Å². The van der Waals surface area contributed by atoms with Gasteiger partial charge in [0.15, 0.2) is 6.10 Å². The average molecular weight is 384 g/mol. The maximum Gasteiger partial charge on any atom is 0.248 e. The van der Waals surface area contributed by atoms with E-state index in [1.807, 2.05) is 39.9 Å². The van der Waals surface area contributed by atoms with Crippen molar-refractivity contribution in [3.63, 3.8) is 0 Å². The minimum absolute atomic E-state index is 0.0746. The number of carbonyl (C=O) groups is 2. The second-order valence-corrected chi connectivity index (χ2v) is 7.31. The molecule has 0 radical (unpaired) electrons. The van der Waals surface area contributed by atoms with E-state index in [2.05, 4.69) is 4.98 Å². The molecule has 1 saturated heterocycles. The number of nitrogens with two attached hydrogens (primary N) is 1. The number of fused-ring (bicyclic) bond motifs is 2. The van der Waals surface area contributed by atoms with Crippen LogP contribution in [0.15, 0.2) is 36.7 Å². The zero-order valence-electron chi connectivity index (χ0n) is 15.8. The molecule has 0 unspecified atom stereocenters. The van der Waals surface area contributed by atoms with Crippen molar-refractivity contribution >= 4 is 11.8 Å². The molecule has 8 nitrogen and oxygen atoms in total. The number of aromatic nitrogens is 2. The Hall–Kier alpha value is -2.87. The summed E-state index contributed by atoms with van der Waals surface area (Å²) in [6.45, 7) is 1.48. The Bertz CT molecular complexity index is 869. The molecule has 2 amide bonds. The van der Waals surface area contributed by atoms with Crippen molar-refractivity contribution in [2.75, 3.05) is 20.2 Å². The van der Waals surface area contributed by atoms with E-state index in [0.29, 0.717) is 38.9 Å². The number of hydrogen-bond acceptors (Lipinski definition) is 5. The van der Waals surface area contributed by atoms with Gasteiger partial charge in [-0.25, -0.2) is 4.98 Å². The second-order valence-electron chi connectivity index (χ2n) is 7.31. The number of hydrogen-bond donors (Lipinski definition) is 1. The van der Waals surface area contributed by atoms with Gasteiger partial charge >= 0.3 is 0 Å². The lowest BCUT2D eigenvalue weighted by Crippen LogP contribution is -2.54. The van der Waals surface area contributed by atoms with Gasteiger partial charge in [0.05, 0.1) is 20.1 Å². The monoisotopic (exact) mass is 384 g/mol. The van der Waals surface area contributed by atoms with Crippen LogP contribution in [0.5, 0.6) is 5.75 Å². The van der Waals surface area contributed by atoms with Crippen molar-refractivity contribution in [1.29, 1.82) is 0 Å². The number of primary amides is 1. The summed E-state index contributed by atoms with van der Waals surface area (Å²) in [4.78, 5) is 30.7. The van der Waals surface area contributed by atoms with E-state index in [-0.39, 0.29) is 5.91 Å². The highest BCUT2D eigenvalue weighted by molar-refractivity contribution is 5.79. The van der Waals surface area contributed by atoms with Crippen LogP contribution in [0.4, 0.5) is 0 Å². The lowest BCUT2D eigenvalue weighted by molar-refractivity contribution is -0.173. The number of imidazole rings is 1. The minimum Gasteiger partial charge on any atom is -0.497 e. The molecule has 2 aromatic rings. The quantitative estimate of drug-likeness (QED) is 0.842. The molecule has 2 N–H and O–H groups in total. The number of likely N-dealkylation sites (tertiary alicyclic amines) is 1. The SMILES string of the molecule is COc1ccc(CC(=O)N2CCC3(CC2)O[C@@H](C(N)=O)Cn2ccnc23)cc1. The first-order valence-corrected chi connectivity index (χ1v) is 9.40. The third kappa shape index (κ3) is 3.35. The molecular formula is C20H24N4O4. The minimum atomic E-state index is -0.678. The molecule has 3 heterocycles. The Balaban J connectivity index is 1.43. The lowest BCUT2D eigenvalue weighted by Gasteiger charge is -2.45. The van der Waals surface area contributed by atoms with Gasteiger partial charge in [-0.3, -0.25) is 9.59 Å². The van der Waals surface area contributed by atoms with Crippen molar-refractivity contribution in [1.82, 2.24) is 14.5 Å². The molecule has 0 aliphatic carbocycles. The van der Waals surface area contributed by atoms with Crippen molar-refractivity contribution in [2.24, 2.45) is 5.73 Å². The van der Waals surface area contributed by atoms with Gasteiger partial charge in [0.25, 0.3) is 0 Å². The Morgan fingerprint density at radius 3 is 2.64 bits per heavy atom. The van der Waals surface area contributed by atoms with Gasteiger partial charge < -0.3 is 24.7 Å². The summed E-state index contributed by atoms with van der Waals surface area (Å²) >= 11 is 0. The van der Waals surface area contributed by atoms with E-state index in [1.54, 1.807) is 13.3 Å². The van der Waals surface area contributed by atoms with Crippen LogP contribution in [0.1, 0.15) is 24.2 Å². The number of piperidine rings is 1. The van der Waals surface area contributed by atoms with E-state index < -0.39 is 17.6 Å². The van der Waals surface area contributed by atoms with Crippen molar-refractivity contribution in [2.45, 2.75) is 37.5 Å². The van der Waals surface area contributed by atoms with Crippen LogP contribution in [0.3, 0.4) is 0 Å². The number of nitrogens with zero attached hydrogens (tertiary/aromatic N) is 3. The molecular weight excluding hydrogens is 360 g/mol. The predicted molar refractivity (Wildman–Crippen MR) is 100 cm³/mol. The van der Waals surface area contributed by atoms with Gasteiger partial charge in [0.1, 0.15) is 17.2 Å². The van der Waals surface area contributed by atoms with E-state index in [4.69, 9.17) is 15.2 Å². The zero-order chi connectivity index (χ0) is 19.7. The maximum absolute atomic E-state index is 12.7. The van der Waals surface area contributed by atoms with Crippen LogP contribution in [-0.2, 0) is 32.9 Å². The van der Waals surface area contributed by atoms with E-state index in [9.17, 15) is 9.59 Å².